The van der Waals surface area contributed by atoms with Crippen molar-refractivity contribution in [2.45, 2.75) is 58.5 Å². The minimum Gasteiger partial charge on any atom is -0.484 e. The van der Waals surface area contributed by atoms with Crippen molar-refractivity contribution in [3.05, 3.63) is 81.5 Å². The molecule has 14 heteroatoms. The van der Waals surface area contributed by atoms with Crippen molar-refractivity contribution >= 4 is 51.9 Å². The highest BCUT2D eigenvalue weighted by molar-refractivity contribution is 8.00. The maximum Gasteiger partial charge on any atom is 0.348 e. The standard InChI is InChI=1S/C33H37N5O7S2/c1-7-43-31(41)27-21(5)28(32(42)44-8-2)47-30(27)35-29(40)22(6)46-33-37-36-25(38(33)24-16-19(3)14-15-20(24)4)17-34-26(39)18-45-23-12-10-9-11-13-23/h9-16,22H,7-8,17-18H2,1-6H3,(H,34,39)(H,35,40)/t22-/m0/s1. The number of carbonyl (C=O) groups excluding carboxylic acids is 4. The Morgan fingerprint density at radius 3 is 2.36 bits per heavy atom. The monoisotopic (exact) mass is 679 g/mol. The number of nitrogens with zero attached hydrogens (tertiary/aromatic N) is 3. The van der Waals surface area contributed by atoms with Gasteiger partial charge in [-0.05, 0) is 76.4 Å². The summed E-state index contributed by atoms with van der Waals surface area (Å²) in [6, 6.07) is 15.0. The van der Waals surface area contributed by atoms with E-state index in [0.717, 1.165) is 39.9 Å². The number of thioether (sulfide) groups is 1. The van der Waals surface area contributed by atoms with Crippen molar-refractivity contribution in [1.29, 1.82) is 0 Å². The summed E-state index contributed by atoms with van der Waals surface area (Å²) < 4.78 is 17.7. The number of amides is 2. The van der Waals surface area contributed by atoms with Crippen LogP contribution in [0.5, 0.6) is 5.75 Å². The lowest BCUT2D eigenvalue weighted by Gasteiger charge is -2.16. The molecular formula is C33H37N5O7S2. The molecule has 0 bridgehead atoms. The maximum absolute atomic E-state index is 13.5. The number of aryl methyl sites for hydroxylation is 2. The first-order chi connectivity index (χ1) is 22.5. The molecule has 4 aromatic rings. The molecule has 2 aromatic carbocycles. The van der Waals surface area contributed by atoms with Crippen molar-refractivity contribution in [3.63, 3.8) is 0 Å². The molecule has 0 aliphatic carbocycles. The number of thiophene rings is 1. The fraction of sp³-hybridized carbons (Fsp3) is 0.333. The second-order valence-electron chi connectivity index (χ2n) is 10.4. The number of benzene rings is 2. The average Bonchev–Trinajstić information content (AvgIpc) is 3.60. The van der Waals surface area contributed by atoms with Gasteiger partial charge in [0.25, 0.3) is 5.91 Å². The third kappa shape index (κ3) is 8.77. The van der Waals surface area contributed by atoms with Crippen molar-refractivity contribution in [2.75, 3.05) is 25.1 Å². The summed E-state index contributed by atoms with van der Waals surface area (Å²) in [4.78, 5) is 51.7. The minimum absolute atomic E-state index is 0.0620. The zero-order valence-corrected chi connectivity index (χ0v) is 28.7. The molecular weight excluding hydrogens is 643 g/mol. The molecule has 1 atom stereocenters. The molecule has 0 fully saturated rings. The third-order valence-electron chi connectivity index (χ3n) is 6.84. The molecule has 0 saturated carbocycles. The van der Waals surface area contributed by atoms with Gasteiger partial charge >= 0.3 is 11.9 Å². The van der Waals surface area contributed by atoms with Gasteiger partial charge in [-0.15, -0.1) is 21.5 Å². The molecule has 0 aliphatic heterocycles. The molecule has 2 aromatic heterocycles. The molecule has 0 spiro atoms. The summed E-state index contributed by atoms with van der Waals surface area (Å²) >= 11 is 2.12. The Hall–Kier alpha value is -4.69. The summed E-state index contributed by atoms with van der Waals surface area (Å²) in [5, 5.41) is 14.3. The fourth-order valence-electron chi connectivity index (χ4n) is 4.45. The van der Waals surface area contributed by atoms with Crippen LogP contribution in [0, 0.1) is 20.8 Å². The number of nitrogens with one attached hydrogen (secondary N) is 2. The van der Waals surface area contributed by atoms with Gasteiger partial charge in [-0.25, -0.2) is 9.59 Å². The zero-order chi connectivity index (χ0) is 34.1. The van der Waals surface area contributed by atoms with E-state index < -0.39 is 23.1 Å². The summed E-state index contributed by atoms with van der Waals surface area (Å²) in [5.74, 6) is -0.965. The zero-order valence-electron chi connectivity index (χ0n) is 27.0. The highest BCUT2D eigenvalue weighted by Gasteiger charge is 2.29. The topological polar surface area (TPSA) is 151 Å². The van der Waals surface area contributed by atoms with Crippen LogP contribution in [-0.4, -0.2) is 63.6 Å². The SMILES string of the molecule is CCOC(=O)c1sc(NC(=O)[C@H](C)Sc2nnc(CNC(=O)COc3ccccc3)n2-c2cc(C)ccc2C)c(C(=O)OCC)c1C. The highest BCUT2D eigenvalue weighted by Crippen LogP contribution is 2.35. The van der Waals surface area contributed by atoms with E-state index in [-0.39, 0.29) is 47.7 Å². The first-order valence-corrected chi connectivity index (χ1v) is 16.6. The number of aromatic nitrogens is 3. The van der Waals surface area contributed by atoms with Crippen LogP contribution in [0.3, 0.4) is 0 Å². The van der Waals surface area contributed by atoms with Gasteiger partial charge in [0.05, 0.1) is 36.3 Å². The summed E-state index contributed by atoms with van der Waals surface area (Å²) in [6.45, 7) is 10.8. The van der Waals surface area contributed by atoms with E-state index in [4.69, 9.17) is 14.2 Å². The van der Waals surface area contributed by atoms with Gasteiger partial charge in [0.1, 0.15) is 15.6 Å². The van der Waals surface area contributed by atoms with E-state index in [0.29, 0.717) is 22.3 Å². The van der Waals surface area contributed by atoms with Crippen molar-refractivity contribution in [2.24, 2.45) is 0 Å². The molecule has 4 rings (SSSR count). The Labute approximate surface area is 281 Å². The Morgan fingerprint density at radius 2 is 1.66 bits per heavy atom. The number of hydrogen-bond donors (Lipinski definition) is 2. The largest absolute Gasteiger partial charge is 0.484 e. The summed E-state index contributed by atoms with van der Waals surface area (Å²) in [5.41, 5.74) is 3.22. The number of ether oxygens (including phenoxy) is 3. The summed E-state index contributed by atoms with van der Waals surface area (Å²) in [7, 11) is 0. The number of hydrogen-bond acceptors (Lipinski definition) is 11. The smallest absolute Gasteiger partial charge is 0.348 e. The lowest BCUT2D eigenvalue weighted by Crippen LogP contribution is -2.29. The molecule has 2 N–H and O–H groups in total. The molecule has 0 saturated heterocycles. The Balaban J connectivity index is 1.56. The molecule has 248 valence electrons. The molecule has 12 nitrogen and oxygen atoms in total. The van der Waals surface area contributed by atoms with Gasteiger partial charge in [0.2, 0.25) is 5.91 Å². The van der Waals surface area contributed by atoms with Gasteiger partial charge in [0.15, 0.2) is 17.6 Å². The minimum atomic E-state index is -0.715. The van der Waals surface area contributed by atoms with E-state index >= 15 is 0 Å². The van der Waals surface area contributed by atoms with Crippen molar-refractivity contribution in [1.82, 2.24) is 20.1 Å². The van der Waals surface area contributed by atoms with Gasteiger partial charge in [-0.3, -0.25) is 14.2 Å². The number of esters is 2. The predicted molar refractivity (Wildman–Crippen MR) is 180 cm³/mol. The molecule has 2 heterocycles. The van der Waals surface area contributed by atoms with Crippen LogP contribution >= 0.6 is 23.1 Å². The molecule has 2 amide bonds. The molecule has 0 radical (unpaired) electrons. The number of para-hydroxylation sites is 1. The van der Waals surface area contributed by atoms with E-state index in [9.17, 15) is 19.2 Å². The van der Waals surface area contributed by atoms with E-state index in [1.54, 1.807) is 39.8 Å². The van der Waals surface area contributed by atoms with Crippen LogP contribution in [0.15, 0.2) is 53.7 Å². The van der Waals surface area contributed by atoms with Gasteiger partial charge in [-0.2, -0.15) is 0 Å². The first-order valence-electron chi connectivity index (χ1n) is 15.0. The van der Waals surface area contributed by atoms with E-state index in [1.807, 2.05) is 54.8 Å². The van der Waals surface area contributed by atoms with E-state index in [1.165, 1.54) is 0 Å². The Bertz CT molecular complexity index is 1750. The van der Waals surface area contributed by atoms with E-state index in [2.05, 4.69) is 20.8 Å². The van der Waals surface area contributed by atoms with Crippen LogP contribution in [0.25, 0.3) is 5.69 Å². The lowest BCUT2D eigenvalue weighted by molar-refractivity contribution is -0.123. The highest BCUT2D eigenvalue weighted by atomic mass is 32.2. The Morgan fingerprint density at radius 1 is 0.957 bits per heavy atom. The lowest BCUT2D eigenvalue weighted by atomic mass is 10.1. The van der Waals surface area contributed by atoms with Gasteiger partial charge in [0, 0.05) is 0 Å². The molecule has 0 unspecified atom stereocenters. The van der Waals surface area contributed by atoms with Crippen LogP contribution in [0.1, 0.15) is 63.3 Å². The number of carbonyl (C=O) groups is 4. The van der Waals surface area contributed by atoms with Crippen LogP contribution in [0.2, 0.25) is 0 Å². The normalized spacial score (nSPS) is 11.4. The predicted octanol–water partition coefficient (Wildman–Crippen LogP) is 5.42. The van der Waals surface area contributed by atoms with Crippen LogP contribution < -0.4 is 15.4 Å². The molecule has 47 heavy (non-hydrogen) atoms. The van der Waals surface area contributed by atoms with Gasteiger partial charge < -0.3 is 24.8 Å². The van der Waals surface area contributed by atoms with Crippen LogP contribution in [0.4, 0.5) is 5.00 Å². The fourth-order valence-corrected chi connectivity index (χ4v) is 6.43. The number of rotatable bonds is 14. The van der Waals surface area contributed by atoms with Gasteiger partial charge in [-0.1, -0.05) is 42.1 Å². The second kappa shape index (κ2) is 16.2. The first kappa shape index (κ1) is 35.2. The second-order valence-corrected chi connectivity index (χ2v) is 12.7. The van der Waals surface area contributed by atoms with Crippen LogP contribution in [-0.2, 0) is 25.6 Å². The van der Waals surface area contributed by atoms with Crippen molar-refractivity contribution < 1.29 is 33.4 Å². The average molecular weight is 680 g/mol. The van der Waals surface area contributed by atoms with Crippen molar-refractivity contribution in [3.8, 4) is 11.4 Å². The number of anilines is 1. The maximum atomic E-state index is 13.5. The Kier molecular flexibility index (Phi) is 12.1. The molecule has 0 aliphatic rings. The summed E-state index contributed by atoms with van der Waals surface area (Å²) in [6.07, 6.45) is 0. The third-order valence-corrected chi connectivity index (χ3v) is 9.07. The quantitative estimate of drug-likeness (QED) is 0.131.